The number of aliphatic hydroxyl groups excluding tert-OH is 1. The molecule has 0 unspecified atom stereocenters. The largest absolute Gasteiger partial charge is 0.394 e. The summed E-state index contributed by atoms with van der Waals surface area (Å²) in [6, 6.07) is -0.917. The number of carbonyl (C=O) groups is 2. The van der Waals surface area contributed by atoms with Gasteiger partial charge < -0.3 is 25.0 Å². The molecular formula is C16H23N5O4. The number of nitrogens with zero attached hydrogens (tertiary/aromatic N) is 4. The molecule has 1 fully saturated rings. The maximum absolute atomic E-state index is 12.5. The zero-order valence-electron chi connectivity index (χ0n) is 14.3. The van der Waals surface area contributed by atoms with Crippen molar-refractivity contribution in [1.29, 1.82) is 0 Å². The smallest absolute Gasteiger partial charge is 0.247 e. The monoisotopic (exact) mass is 349 g/mol. The summed E-state index contributed by atoms with van der Waals surface area (Å²) in [6.45, 7) is 4.70. The second-order valence-corrected chi connectivity index (χ2v) is 6.17. The Hall–Kier alpha value is -2.26. The van der Waals surface area contributed by atoms with Crippen molar-refractivity contribution >= 4 is 17.6 Å². The van der Waals surface area contributed by atoms with E-state index in [0.29, 0.717) is 32.7 Å². The summed E-state index contributed by atoms with van der Waals surface area (Å²) in [5, 5.41) is 11.9. The van der Waals surface area contributed by atoms with Gasteiger partial charge in [0.15, 0.2) is 0 Å². The van der Waals surface area contributed by atoms with E-state index in [-0.39, 0.29) is 11.8 Å². The molecule has 25 heavy (non-hydrogen) atoms. The number of aromatic nitrogens is 2. The molecule has 0 bridgehead atoms. The Morgan fingerprint density at radius 2 is 2.08 bits per heavy atom. The summed E-state index contributed by atoms with van der Waals surface area (Å²) in [7, 11) is 0. The van der Waals surface area contributed by atoms with Crippen LogP contribution in [0.15, 0.2) is 6.33 Å². The Labute approximate surface area is 146 Å². The molecule has 2 amide bonds. The average Bonchev–Trinajstić information content (AvgIpc) is 2.65. The van der Waals surface area contributed by atoms with Gasteiger partial charge >= 0.3 is 0 Å². The van der Waals surface area contributed by atoms with Gasteiger partial charge in [-0.15, -0.1) is 0 Å². The molecule has 0 spiro atoms. The Morgan fingerprint density at radius 3 is 2.76 bits per heavy atom. The third-order valence-electron chi connectivity index (χ3n) is 4.46. The molecule has 3 rings (SSSR count). The van der Waals surface area contributed by atoms with Crippen molar-refractivity contribution in [2.75, 3.05) is 44.4 Å². The molecule has 0 saturated carbocycles. The highest BCUT2D eigenvalue weighted by Gasteiger charge is 2.30. The zero-order valence-corrected chi connectivity index (χ0v) is 14.3. The van der Waals surface area contributed by atoms with Crippen molar-refractivity contribution < 1.29 is 19.4 Å². The van der Waals surface area contributed by atoms with Gasteiger partial charge in [-0.2, -0.15) is 0 Å². The molecular weight excluding hydrogens is 326 g/mol. The molecule has 2 aliphatic heterocycles. The maximum atomic E-state index is 12.5. The Kier molecular flexibility index (Phi) is 5.44. The fourth-order valence-electron chi connectivity index (χ4n) is 3.22. The van der Waals surface area contributed by atoms with E-state index in [0.717, 1.165) is 30.2 Å². The van der Waals surface area contributed by atoms with Gasteiger partial charge in [-0.1, -0.05) is 0 Å². The highest BCUT2D eigenvalue weighted by molar-refractivity contribution is 5.87. The minimum Gasteiger partial charge on any atom is -0.394 e. The van der Waals surface area contributed by atoms with E-state index in [1.807, 2.05) is 0 Å². The van der Waals surface area contributed by atoms with Crippen LogP contribution in [0.4, 0.5) is 5.82 Å². The van der Waals surface area contributed by atoms with Crippen LogP contribution in [-0.4, -0.2) is 77.3 Å². The number of anilines is 1. The molecule has 2 N–H and O–H groups in total. The topological polar surface area (TPSA) is 108 Å². The first-order valence-electron chi connectivity index (χ1n) is 8.42. The van der Waals surface area contributed by atoms with Crippen molar-refractivity contribution in [2.45, 2.75) is 25.9 Å². The molecule has 1 saturated heterocycles. The minimum absolute atomic E-state index is 0.296. The van der Waals surface area contributed by atoms with Gasteiger partial charge in [0.1, 0.15) is 18.2 Å². The Balaban J connectivity index is 1.75. The predicted octanol–water partition coefficient (Wildman–Crippen LogP) is -1.31. The molecule has 0 radical (unpaired) electrons. The van der Waals surface area contributed by atoms with E-state index in [1.54, 1.807) is 4.90 Å². The Bertz CT molecular complexity index is 647. The van der Waals surface area contributed by atoms with Gasteiger partial charge in [-0.05, 0) is 6.42 Å². The summed E-state index contributed by atoms with van der Waals surface area (Å²) in [4.78, 5) is 36.3. The van der Waals surface area contributed by atoms with Gasteiger partial charge in [0.25, 0.3) is 0 Å². The number of ether oxygens (including phenoxy) is 1. The van der Waals surface area contributed by atoms with E-state index in [9.17, 15) is 14.7 Å². The molecule has 3 heterocycles. The van der Waals surface area contributed by atoms with Crippen molar-refractivity contribution in [2.24, 2.45) is 0 Å². The van der Waals surface area contributed by atoms with Gasteiger partial charge in [-0.3, -0.25) is 9.59 Å². The number of fused-ring (bicyclic) bond motifs is 1. The first kappa shape index (κ1) is 17.6. The lowest BCUT2D eigenvalue weighted by molar-refractivity contribution is -0.138. The standard InChI is InChI=1S/C16H23N5O4/c1-11(23)19-14(9-22)16(24)21-3-2-12-13(8-21)17-10-18-15(12)20-4-6-25-7-5-20/h10,14,22H,2-9H2,1H3,(H,19,23)/t14-/m0/s1. The number of rotatable bonds is 4. The highest BCUT2D eigenvalue weighted by Crippen LogP contribution is 2.26. The van der Waals surface area contributed by atoms with Crippen LogP contribution in [-0.2, 0) is 27.3 Å². The summed E-state index contributed by atoms with van der Waals surface area (Å²) in [5.41, 5.74) is 1.88. The molecule has 0 aliphatic carbocycles. The quantitative estimate of drug-likeness (QED) is 0.695. The molecule has 2 aliphatic rings. The fourth-order valence-corrected chi connectivity index (χ4v) is 3.22. The normalized spacial score (nSPS) is 18.5. The molecule has 1 aromatic rings. The van der Waals surface area contributed by atoms with E-state index in [2.05, 4.69) is 20.2 Å². The molecule has 1 aromatic heterocycles. The van der Waals surface area contributed by atoms with E-state index in [1.165, 1.54) is 13.3 Å². The first-order valence-corrected chi connectivity index (χ1v) is 8.42. The van der Waals surface area contributed by atoms with E-state index in [4.69, 9.17) is 4.74 Å². The number of hydrogen-bond donors (Lipinski definition) is 2. The SMILES string of the molecule is CC(=O)N[C@@H](CO)C(=O)N1CCc2c(ncnc2N2CCOCC2)C1. The van der Waals surface area contributed by atoms with Crippen molar-refractivity contribution in [3.8, 4) is 0 Å². The minimum atomic E-state index is -0.917. The van der Waals surface area contributed by atoms with Gasteiger partial charge in [-0.25, -0.2) is 9.97 Å². The lowest BCUT2D eigenvalue weighted by atomic mass is 10.0. The first-order chi connectivity index (χ1) is 12.1. The van der Waals surface area contributed by atoms with Crippen LogP contribution in [0.25, 0.3) is 0 Å². The number of hydrogen-bond acceptors (Lipinski definition) is 7. The summed E-state index contributed by atoms with van der Waals surface area (Å²) in [6.07, 6.45) is 2.17. The molecule has 9 heteroatoms. The van der Waals surface area contributed by atoms with Gasteiger partial charge in [0, 0.05) is 32.1 Å². The van der Waals surface area contributed by atoms with E-state index < -0.39 is 12.6 Å². The number of aliphatic hydroxyl groups is 1. The molecule has 136 valence electrons. The van der Waals surface area contributed by atoms with Crippen molar-refractivity contribution in [3.05, 3.63) is 17.6 Å². The van der Waals surface area contributed by atoms with Crippen LogP contribution in [0.2, 0.25) is 0 Å². The van der Waals surface area contributed by atoms with Crippen LogP contribution < -0.4 is 10.2 Å². The maximum Gasteiger partial charge on any atom is 0.247 e. The number of morpholine rings is 1. The number of amides is 2. The van der Waals surface area contributed by atoms with Gasteiger partial charge in [0.05, 0.1) is 32.1 Å². The highest BCUT2D eigenvalue weighted by atomic mass is 16.5. The predicted molar refractivity (Wildman–Crippen MR) is 88.9 cm³/mol. The van der Waals surface area contributed by atoms with Crippen LogP contribution >= 0.6 is 0 Å². The molecule has 1 atom stereocenters. The lowest BCUT2D eigenvalue weighted by Crippen LogP contribution is -2.51. The molecule has 9 nitrogen and oxygen atoms in total. The Morgan fingerprint density at radius 1 is 1.32 bits per heavy atom. The van der Waals surface area contributed by atoms with Crippen LogP contribution in [0.3, 0.4) is 0 Å². The second kappa shape index (κ2) is 7.75. The zero-order chi connectivity index (χ0) is 17.8. The average molecular weight is 349 g/mol. The summed E-state index contributed by atoms with van der Waals surface area (Å²) in [5.74, 6) is 0.276. The third kappa shape index (κ3) is 3.88. The van der Waals surface area contributed by atoms with Crippen LogP contribution in [0.1, 0.15) is 18.2 Å². The summed E-state index contributed by atoms with van der Waals surface area (Å²) < 4.78 is 5.39. The third-order valence-corrected chi connectivity index (χ3v) is 4.46. The van der Waals surface area contributed by atoms with Crippen molar-refractivity contribution in [3.63, 3.8) is 0 Å². The van der Waals surface area contributed by atoms with Crippen molar-refractivity contribution in [1.82, 2.24) is 20.2 Å². The van der Waals surface area contributed by atoms with Gasteiger partial charge in [0.2, 0.25) is 11.8 Å². The molecule has 0 aromatic carbocycles. The fraction of sp³-hybridized carbons (Fsp3) is 0.625. The number of nitrogens with one attached hydrogen (secondary N) is 1. The van der Waals surface area contributed by atoms with Crippen LogP contribution in [0.5, 0.6) is 0 Å². The summed E-state index contributed by atoms with van der Waals surface area (Å²) >= 11 is 0. The lowest BCUT2D eigenvalue weighted by Gasteiger charge is -2.34. The van der Waals surface area contributed by atoms with E-state index >= 15 is 0 Å². The second-order valence-electron chi connectivity index (χ2n) is 6.17. The van der Waals surface area contributed by atoms with Crippen LogP contribution in [0, 0.1) is 0 Å². The number of carbonyl (C=O) groups excluding carboxylic acids is 2.